The van der Waals surface area contributed by atoms with Crippen LogP contribution in [0.1, 0.15) is 71.1 Å². The molecule has 11 atom stereocenters. The van der Waals surface area contributed by atoms with E-state index < -0.39 is 12.4 Å². The van der Waals surface area contributed by atoms with Crippen molar-refractivity contribution >= 4 is 5.97 Å². The SMILES string of the molecule is CCC1O[C@@H](OCc2ccccc2)C(C)[C@@H](C)[C@@H]1O[C@@H]1OC2CCC(c3ccccc3)O[C@H]2[C@H](C)C1OC(C)=O. The van der Waals surface area contributed by atoms with Crippen LogP contribution in [-0.4, -0.2) is 49.1 Å². The fourth-order valence-electron chi connectivity index (χ4n) is 6.39. The Balaban J connectivity index is 1.28. The first-order valence-electron chi connectivity index (χ1n) is 14.8. The summed E-state index contributed by atoms with van der Waals surface area (Å²) in [5.41, 5.74) is 2.28. The van der Waals surface area contributed by atoms with Crippen LogP contribution in [0.3, 0.4) is 0 Å². The number of rotatable bonds is 8. The Bertz CT molecular complexity index is 1080. The van der Waals surface area contributed by atoms with E-state index in [1.54, 1.807) is 0 Å². The summed E-state index contributed by atoms with van der Waals surface area (Å²) in [5, 5.41) is 0. The van der Waals surface area contributed by atoms with E-state index >= 15 is 0 Å². The molecule has 5 unspecified atom stereocenters. The molecular formula is C33H44O7. The third kappa shape index (κ3) is 6.44. The maximum atomic E-state index is 12.2. The van der Waals surface area contributed by atoms with Crippen molar-refractivity contribution in [3.05, 3.63) is 71.8 Å². The van der Waals surface area contributed by atoms with Crippen LogP contribution in [0.15, 0.2) is 60.7 Å². The Hall–Kier alpha value is -2.29. The van der Waals surface area contributed by atoms with Crippen LogP contribution >= 0.6 is 0 Å². The largest absolute Gasteiger partial charge is 0.457 e. The van der Waals surface area contributed by atoms with Crippen molar-refractivity contribution in [3.8, 4) is 0 Å². The van der Waals surface area contributed by atoms with Crippen molar-refractivity contribution < 1.29 is 33.2 Å². The van der Waals surface area contributed by atoms with Gasteiger partial charge in [0, 0.05) is 18.8 Å². The average molecular weight is 553 g/mol. The van der Waals surface area contributed by atoms with Gasteiger partial charge < -0.3 is 28.4 Å². The van der Waals surface area contributed by atoms with Gasteiger partial charge in [-0.3, -0.25) is 4.79 Å². The van der Waals surface area contributed by atoms with E-state index in [-0.39, 0.29) is 60.5 Å². The summed E-state index contributed by atoms with van der Waals surface area (Å²) in [6, 6.07) is 20.4. The lowest BCUT2D eigenvalue weighted by atomic mass is 9.82. The highest BCUT2D eigenvalue weighted by Crippen LogP contribution is 2.43. The van der Waals surface area contributed by atoms with Crippen molar-refractivity contribution in [3.63, 3.8) is 0 Å². The lowest BCUT2D eigenvalue weighted by Crippen LogP contribution is -2.60. The van der Waals surface area contributed by atoms with Crippen LogP contribution in [0.2, 0.25) is 0 Å². The zero-order valence-electron chi connectivity index (χ0n) is 24.3. The fraction of sp³-hybridized carbons (Fsp3) is 0.606. The highest BCUT2D eigenvalue weighted by Gasteiger charge is 2.52. The van der Waals surface area contributed by atoms with Crippen LogP contribution in [0, 0.1) is 17.8 Å². The van der Waals surface area contributed by atoms with Crippen LogP contribution < -0.4 is 0 Å². The summed E-state index contributed by atoms with van der Waals surface area (Å²) in [7, 11) is 0. The molecule has 0 radical (unpaired) electrons. The van der Waals surface area contributed by atoms with Crippen LogP contribution in [-0.2, 0) is 39.8 Å². The quantitative estimate of drug-likeness (QED) is 0.361. The normalized spacial score (nSPS) is 37.9. The third-order valence-electron chi connectivity index (χ3n) is 8.89. The van der Waals surface area contributed by atoms with E-state index in [0.717, 1.165) is 30.4 Å². The predicted molar refractivity (Wildman–Crippen MR) is 150 cm³/mol. The van der Waals surface area contributed by atoms with Crippen LogP contribution in [0.25, 0.3) is 0 Å². The number of carbonyl (C=O) groups is 1. The molecule has 7 nitrogen and oxygen atoms in total. The second-order valence-electron chi connectivity index (χ2n) is 11.6. The monoisotopic (exact) mass is 552 g/mol. The number of benzene rings is 2. The molecule has 3 aliphatic heterocycles. The van der Waals surface area contributed by atoms with Crippen LogP contribution in [0.5, 0.6) is 0 Å². The Labute approximate surface area is 238 Å². The number of fused-ring (bicyclic) bond motifs is 1. The summed E-state index contributed by atoms with van der Waals surface area (Å²) in [5.74, 6) is -0.217. The molecule has 218 valence electrons. The van der Waals surface area contributed by atoms with Gasteiger partial charge in [0.05, 0.1) is 37.1 Å². The first-order chi connectivity index (χ1) is 19.4. The van der Waals surface area contributed by atoms with E-state index in [4.69, 9.17) is 28.4 Å². The molecule has 2 aromatic rings. The number of esters is 1. The van der Waals surface area contributed by atoms with Crippen molar-refractivity contribution in [2.45, 2.75) is 110 Å². The third-order valence-corrected chi connectivity index (χ3v) is 8.89. The van der Waals surface area contributed by atoms with Gasteiger partial charge in [-0.15, -0.1) is 0 Å². The van der Waals surface area contributed by atoms with Gasteiger partial charge in [-0.05, 0) is 36.3 Å². The maximum Gasteiger partial charge on any atom is 0.303 e. The molecule has 0 spiro atoms. The highest BCUT2D eigenvalue weighted by atomic mass is 16.7. The van der Waals surface area contributed by atoms with Crippen molar-refractivity contribution in [1.29, 1.82) is 0 Å². The average Bonchev–Trinajstić information content (AvgIpc) is 2.97. The molecule has 0 saturated carbocycles. The van der Waals surface area contributed by atoms with Crippen LogP contribution in [0.4, 0.5) is 0 Å². The van der Waals surface area contributed by atoms with Crippen molar-refractivity contribution in [2.75, 3.05) is 0 Å². The Morgan fingerprint density at radius 1 is 0.825 bits per heavy atom. The topological polar surface area (TPSA) is 72.5 Å². The first kappa shape index (κ1) is 29.2. The zero-order valence-corrected chi connectivity index (χ0v) is 24.3. The second-order valence-corrected chi connectivity index (χ2v) is 11.6. The number of hydrogen-bond donors (Lipinski definition) is 0. The summed E-state index contributed by atoms with van der Waals surface area (Å²) < 4.78 is 38.4. The van der Waals surface area contributed by atoms with Gasteiger partial charge in [-0.1, -0.05) is 88.4 Å². The number of ether oxygens (including phenoxy) is 6. The van der Waals surface area contributed by atoms with E-state index in [1.165, 1.54) is 6.92 Å². The fourth-order valence-corrected chi connectivity index (χ4v) is 6.39. The number of hydrogen-bond acceptors (Lipinski definition) is 7. The van der Waals surface area contributed by atoms with Gasteiger partial charge in [0.1, 0.15) is 0 Å². The van der Waals surface area contributed by atoms with Crippen molar-refractivity contribution in [2.24, 2.45) is 17.8 Å². The van der Waals surface area contributed by atoms with Gasteiger partial charge >= 0.3 is 5.97 Å². The molecule has 0 amide bonds. The molecule has 0 bridgehead atoms. The minimum Gasteiger partial charge on any atom is -0.457 e. The summed E-state index contributed by atoms with van der Waals surface area (Å²) in [4.78, 5) is 12.2. The lowest BCUT2D eigenvalue weighted by molar-refractivity contribution is -0.349. The first-order valence-corrected chi connectivity index (χ1v) is 14.8. The molecule has 3 saturated heterocycles. The molecule has 0 aromatic heterocycles. The smallest absolute Gasteiger partial charge is 0.303 e. The van der Waals surface area contributed by atoms with Gasteiger partial charge in [-0.25, -0.2) is 0 Å². The van der Waals surface area contributed by atoms with Gasteiger partial charge in [0.15, 0.2) is 18.7 Å². The summed E-state index contributed by atoms with van der Waals surface area (Å²) >= 11 is 0. The Kier molecular flexibility index (Phi) is 9.59. The maximum absolute atomic E-state index is 12.2. The summed E-state index contributed by atoms with van der Waals surface area (Å²) in [6.45, 7) is 10.4. The summed E-state index contributed by atoms with van der Waals surface area (Å²) in [6.07, 6.45) is 0.123. The zero-order chi connectivity index (χ0) is 28.2. The van der Waals surface area contributed by atoms with E-state index in [1.807, 2.05) is 36.4 Å². The minimum absolute atomic E-state index is 0.00569. The van der Waals surface area contributed by atoms with Gasteiger partial charge in [0.2, 0.25) is 0 Å². The highest BCUT2D eigenvalue weighted by molar-refractivity contribution is 5.66. The molecule has 40 heavy (non-hydrogen) atoms. The standard InChI is InChI=1S/C33H44O7/c1-6-26-29(20(2)21(3)32(38-26)35-19-24-13-9-7-10-14-24)40-33-31(36-23(5)34)22(4)30-28(39-33)18-17-27(37-30)25-15-11-8-12-16-25/h7-16,20-22,26-33H,6,17-19H2,1-5H3/t20-,21?,22+,26?,27?,28?,29+,30+,31?,32-,33+/m1/s1. The van der Waals surface area contributed by atoms with E-state index in [9.17, 15) is 4.79 Å². The predicted octanol–water partition coefficient (Wildman–Crippen LogP) is 6.21. The molecule has 5 rings (SSSR count). The van der Waals surface area contributed by atoms with E-state index in [0.29, 0.717) is 6.61 Å². The number of carbonyl (C=O) groups excluding carboxylic acids is 1. The Morgan fingerprint density at radius 3 is 2.20 bits per heavy atom. The van der Waals surface area contributed by atoms with Gasteiger partial charge in [-0.2, -0.15) is 0 Å². The van der Waals surface area contributed by atoms with Crippen molar-refractivity contribution in [1.82, 2.24) is 0 Å². The molecular weight excluding hydrogens is 508 g/mol. The molecule has 3 fully saturated rings. The molecule has 2 aromatic carbocycles. The molecule has 7 heteroatoms. The molecule has 3 heterocycles. The second kappa shape index (κ2) is 13.1. The van der Waals surface area contributed by atoms with E-state index in [2.05, 4.69) is 52.0 Å². The molecule has 0 N–H and O–H groups in total. The minimum atomic E-state index is -0.698. The molecule has 0 aliphatic carbocycles. The van der Waals surface area contributed by atoms with Gasteiger partial charge in [0.25, 0.3) is 0 Å². The lowest BCUT2D eigenvalue weighted by Gasteiger charge is -2.51. The molecule has 3 aliphatic rings. The Morgan fingerprint density at radius 2 is 1.52 bits per heavy atom.